The molecular formula is C15H23NO3. The first-order valence-electron chi connectivity index (χ1n) is 6.68. The lowest BCUT2D eigenvalue weighted by molar-refractivity contribution is -0.122. The van der Waals surface area contributed by atoms with Crippen molar-refractivity contribution in [1.29, 1.82) is 0 Å². The molecule has 1 amide bonds. The molecule has 1 aromatic rings. The second kappa shape index (κ2) is 7.79. The van der Waals surface area contributed by atoms with Crippen LogP contribution in [0.25, 0.3) is 0 Å². The first-order valence-corrected chi connectivity index (χ1v) is 6.68. The summed E-state index contributed by atoms with van der Waals surface area (Å²) in [6.45, 7) is 4.21. The maximum Gasteiger partial charge on any atom is 0.227 e. The van der Waals surface area contributed by atoms with Gasteiger partial charge >= 0.3 is 0 Å². The summed E-state index contributed by atoms with van der Waals surface area (Å²) in [4.78, 5) is 12.1. The van der Waals surface area contributed by atoms with Crippen LogP contribution in [0.1, 0.15) is 38.2 Å². The molecule has 0 saturated heterocycles. The quantitative estimate of drug-likeness (QED) is 0.793. The fourth-order valence-electron chi connectivity index (χ4n) is 1.94. The van der Waals surface area contributed by atoms with Gasteiger partial charge in [-0.3, -0.25) is 4.79 Å². The van der Waals surface area contributed by atoms with Gasteiger partial charge < -0.3 is 15.2 Å². The number of ether oxygens (including phenoxy) is 1. The van der Waals surface area contributed by atoms with E-state index in [1.54, 1.807) is 14.0 Å². The topological polar surface area (TPSA) is 58.6 Å². The van der Waals surface area contributed by atoms with Gasteiger partial charge in [-0.15, -0.1) is 0 Å². The Kier molecular flexibility index (Phi) is 6.36. The number of aliphatic hydroxyl groups is 1. The molecule has 2 atom stereocenters. The Hall–Kier alpha value is -1.55. The molecule has 4 nitrogen and oxygen atoms in total. The molecule has 106 valence electrons. The van der Waals surface area contributed by atoms with Crippen molar-refractivity contribution in [3.8, 4) is 5.75 Å². The normalized spacial score (nSPS) is 13.7. The molecule has 0 aliphatic heterocycles. The maximum atomic E-state index is 12.1. The highest BCUT2D eigenvalue weighted by Gasteiger charge is 2.18. The molecular weight excluding hydrogens is 242 g/mol. The third kappa shape index (κ3) is 4.91. The molecule has 1 aromatic carbocycles. The van der Waals surface area contributed by atoms with Crippen molar-refractivity contribution >= 4 is 5.91 Å². The molecule has 0 radical (unpaired) electrons. The van der Waals surface area contributed by atoms with Gasteiger partial charge in [0.15, 0.2) is 0 Å². The van der Waals surface area contributed by atoms with Gasteiger partial charge in [-0.2, -0.15) is 0 Å². The monoisotopic (exact) mass is 265 g/mol. The van der Waals surface area contributed by atoms with E-state index in [-0.39, 0.29) is 17.9 Å². The molecule has 0 spiro atoms. The molecule has 2 unspecified atom stereocenters. The zero-order valence-electron chi connectivity index (χ0n) is 11.8. The van der Waals surface area contributed by atoms with Crippen molar-refractivity contribution < 1.29 is 14.6 Å². The van der Waals surface area contributed by atoms with Crippen molar-refractivity contribution in [2.75, 3.05) is 13.7 Å². The fraction of sp³-hybridized carbons (Fsp3) is 0.533. The molecule has 2 N–H and O–H groups in total. The number of benzene rings is 1. The van der Waals surface area contributed by atoms with Crippen LogP contribution >= 0.6 is 0 Å². The summed E-state index contributed by atoms with van der Waals surface area (Å²) in [7, 11) is 1.62. The van der Waals surface area contributed by atoms with Gasteiger partial charge in [0.1, 0.15) is 5.75 Å². The van der Waals surface area contributed by atoms with Crippen LogP contribution in [0.5, 0.6) is 5.75 Å². The third-order valence-corrected chi connectivity index (χ3v) is 3.10. The van der Waals surface area contributed by atoms with Crippen molar-refractivity contribution in [3.05, 3.63) is 29.8 Å². The van der Waals surface area contributed by atoms with Crippen LogP contribution in [-0.4, -0.2) is 30.8 Å². The summed E-state index contributed by atoms with van der Waals surface area (Å²) in [5, 5.41) is 12.0. The van der Waals surface area contributed by atoms with Gasteiger partial charge in [-0.05, 0) is 37.5 Å². The summed E-state index contributed by atoms with van der Waals surface area (Å²) in [5.41, 5.74) is 0.984. The van der Waals surface area contributed by atoms with E-state index in [2.05, 4.69) is 5.32 Å². The van der Waals surface area contributed by atoms with E-state index in [9.17, 15) is 9.90 Å². The minimum absolute atomic E-state index is 0.00770. The predicted octanol–water partition coefficient (Wildman–Crippen LogP) is 2.08. The van der Waals surface area contributed by atoms with Crippen LogP contribution in [0.4, 0.5) is 0 Å². The average molecular weight is 265 g/mol. The first kappa shape index (κ1) is 15.5. The van der Waals surface area contributed by atoms with Gasteiger partial charge in [0.05, 0.1) is 19.1 Å². The molecule has 1 rings (SSSR count). The van der Waals surface area contributed by atoms with Gasteiger partial charge in [0, 0.05) is 6.54 Å². The molecule has 0 aliphatic rings. The number of nitrogens with one attached hydrogen (secondary N) is 1. The lowest BCUT2D eigenvalue weighted by Gasteiger charge is -2.16. The Balaban J connectivity index is 2.62. The van der Waals surface area contributed by atoms with E-state index in [1.807, 2.05) is 31.2 Å². The molecule has 0 aliphatic carbocycles. The van der Waals surface area contributed by atoms with Crippen molar-refractivity contribution in [1.82, 2.24) is 5.32 Å². The number of hydrogen-bond acceptors (Lipinski definition) is 3. The van der Waals surface area contributed by atoms with Crippen molar-refractivity contribution in [3.63, 3.8) is 0 Å². The predicted molar refractivity (Wildman–Crippen MR) is 75.3 cm³/mol. The number of amides is 1. The first-order chi connectivity index (χ1) is 9.08. The van der Waals surface area contributed by atoms with Crippen molar-refractivity contribution in [2.45, 2.75) is 38.7 Å². The van der Waals surface area contributed by atoms with E-state index < -0.39 is 0 Å². The largest absolute Gasteiger partial charge is 0.497 e. The minimum atomic E-state index is -0.388. The van der Waals surface area contributed by atoms with Crippen molar-refractivity contribution in [2.24, 2.45) is 0 Å². The Morgan fingerprint density at radius 1 is 1.37 bits per heavy atom. The third-order valence-electron chi connectivity index (χ3n) is 3.10. The molecule has 0 aromatic heterocycles. The van der Waals surface area contributed by atoms with E-state index in [4.69, 9.17) is 4.74 Å². The zero-order valence-corrected chi connectivity index (χ0v) is 11.8. The average Bonchev–Trinajstić information content (AvgIpc) is 2.40. The van der Waals surface area contributed by atoms with Crippen LogP contribution in [0.15, 0.2) is 24.3 Å². The van der Waals surface area contributed by atoms with Gasteiger partial charge in [0.2, 0.25) is 5.91 Å². The van der Waals surface area contributed by atoms with Gasteiger partial charge in [-0.1, -0.05) is 19.1 Å². The number of methoxy groups -OCH3 is 1. The Morgan fingerprint density at radius 3 is 2.47 bits per heavy atom. The molecule has 0 saturated carbocycles. The van der Waals surface area contributed by atoms with E-state index in [0.29, 0.717) is 13.0 Å². The van der Waals surface area contributed by atoms with Crippen LogP contribution < -0.4 is 10.1 Å². The summed E-state index contributed by atoms with van der Waals surface area (Å²) >= 11 is 0. The van der Waals surface area contributed by atoms with Crippen LogP contribution in [0.2, 0.25) is 0 Å². The number of aliphatic hydroxyl groups excluding tert-OH is 1. The van der Waals surface area contributed by atoms with Crippen LogP contribution in [0.3, 0.4) is 0 Å². The van der Waals surface area contributed by atoms with E-state index >= 15 is 0 Å². The number of hydrogen-bond donors (Lipinski definition) is 2. The Labute approximate surface area is 114 Å². The second-order valence-electron chi connectivity index (χ2n) is 4.66. The minimum Gasteiger partial charge on any atom is -0.497 e. The molecule has 0 fully saturated rings. The molecule has 0 heterocycles. The standard InChI is InChI=1S/C15H23NO3/c1-4-14(15(18)16-10-9-11(2)17)12-5-7-13(19-3)8-6-12/h5-8,11,14,17H,4,9-10H2,1-3H3,(H,16,18). The summed E-state index contributed by atoms with van der Waals surface area (Å²) in [6, 6.07) is 7.56. The molecule has 19 heavy (non-hydrogen) atoms. The molecule has 4 heteroatoms. The Bertz CT molecular complexity index is 387. The van der Waals surface area contributed by atoms with Crippen LogP contribution in [-0.2, 0) is 4.79 Å². The Morgan fingerprint density at radius 2 is 2.00 bits per heavy atom. The fourth-order valence-corrected chi connectivity index (χ4v) is 1.94. The van der Waals surface area contributed by atoms with Gasteiger partial charge in [-0.25, -0.2) is 0 Å². The molecule has 0 bridgehead atoms. The number of carbonyl (C=O) groups excluding carboxylic acids is 1. The summed E-state index contributed by atoms with van der Waals surface area (Å²) < 4.78 is 5.11. The number of rotatable bonds is 7. The van der Waals surface area contributed by atoms with E-state index in [0.717, 1.165) is 17.7 Å². The number of carbonyl (C=O) groups is 1. The lowest BCUT2D eigenvalue weighted by Crippen LogP contribution is -2.31. The lowest BCUT2D eigenvalue weighted by atomic mass is 9.95. The highest BCUT2D eigenvalue weighted by atomic mass is 16.5. The maximum absolute atomic E-state index is 12.1. The second-order valence-corrected chi connectivity index (χ2v) is 4.66. The summed E-state index contributed by atoms with van der Waals surface area (Å²) in [5.74, 6) is 0.640. The van der Waals surface area contributed by atoms with E-state index in [1.165, 1.54) is 0 Å². The smallest absolute Gasteiger partial charge is 0.227 e. The highest BCUT2D eigenvalue weighted by Crippen LogP contribution is 2.22. The summed E-state index contributed by atoms with van der Waals surface area (Å²) in [6.07, 6.45) is 0.929. The van der Waals surface area contributed by atoms with Gasteiger partial charge in [0.25, 0.3) is 0 Å². The zero-order chi connectivity index (χ0) is 14.3. The SMILES string of the molecule is CCC(C(=O)NCCC(C)O)c1ccc(OC)cc1. The highest BCUT2D eigenvalue weighted by molar-refractivity contribution is 5.83. The van der Waals surface area contributed by atoms with Crippen LogP contribution in [0, 0.1) is 0 Å².